The van der Waals surface area contributed by atoms with E-state index in [1.807, 2.05) is 25.1 Å². The van der Waals surface area contributed by atoms with E-state index < -0.39 is 51.8 Å². The number of nitrogens with two attached hydrogens (primary N) is 2. The Morgan fingerprint density at radius 2 is 1.82 bits per heavy atom. The molecule has 1 aromatic rings. The lowest BCUT2D eigenvalue weighted by atomic mass is 9.51. The number of hydrogen-bond acceptors (Lipinski definition) is 9. The second-order valence-electron chi connectivity index (χ2n) is 9.85. The predicted octanol–water partition coefficient (Wildman–Crippen LogP) is -0.347. The Morgan fingerprint density at radius 3 is 2.35 bits per heavy atom. The molecule has 0 heterocycles. The second kappa shape index (κ2) is 7.66. The number of carbonyl (C=O) groups excluding carboxylic acids is 3. The van der Waals surface area contributed by atoms with Crippen molar-refractivity contribution in [3.8, 4) is 0 Å². The Balaban J connectivity index is 2.05. The third-order valence-electron chi connectivity index (χ3n) is 7.58. The molecular formula is C24H30N4O6. The summed E-state index contributed by atoms with van der Waals surface area (Å²) in [5.74, 6) is -5.53. The van der Waals surface area contributed by atoms with E-state index >= 15 is 0 Å². The lowest BCUT2D eigenvalue weighted by Crippen LogP contribution is -2.68. The molecule has 0 radical (unpaired) electrons. The summed E-state index contributed by atoms with van der Waals surface area (Å²) in [7, 11) is 6.88. The summed E-state index contributed by atoms with van der Waals surface area (Å²) in [4.78, 5) is 42.6. The van der Waals surface area contributed by atoms with Crippen LogP contribution in [-0.2, 0) is 20.8 Å². The van der Waals surface area contributed by atoms with Crippen LogP contribution in [0.2, 0.25) is 0 Å². The molecular weight excluding hydrogens is 440 g/mol. The van der Waals surface area contributed by atoms with Gasteiger partial charge in [-0.25, -0.2) is 0 Å². The number of anilines is 1. The molecule has 4 rings (SSSR count). The molecule has 0 aliphatic heterocycles. The zero-order valence-electron chi connectivity index (χ0n) is 19.6. The molecule has 7 N–H and O–H groups in total. The standard InChI is InChI=1S/C24H30N4O6/c1-27(2)14-7-5-6-11-12(14)8-23(10-25)9-13-17(28(3)4)19(30)15(22(26)33)20(31)24(13,34)21(32)16(23)18(11)29/h5-7,13,17,29,31,34H,8-10,25H2,1-4H3,(H2,26,33)/t13-,17-,23-,24+/m0/s1. The molecule has 3 aliphatic carbocycles. The highest BCUT2D eigenvalue weighted by atomic mass is 16.3. The lowest BCUT2D eigenvalue weighted by molar-refractivity contribution is -0.156. The Labute approximate surface area is 197 Å². The maximum absolute atomic E-state index is 14.0. The van der Waals surface area contributed by atoms with Gasteiger partial charge in [-0.15, -0.1) is 0 Å². The lowest BCUT2D eigenvalue weighted by Gasteiger charge is -2.54. The predicted molar refractivity (Wildman–Crippen MR) is 125 cm³/mol. The fourth-order valence-electron chi connectivity index (χ4n) is 6.02. The minimum atomic E-state index is -2.62. The number of aliphatic hydroxyl groups excluding tert-OH is 2. The molecule has 0 spiro atoms. The topological polar surface area (TPSA) is 170 Å². The number of rotatable bonds is 4. The summed E-state index contributed by atoms with van der Waals surface area (Å²) >= 11 is 0. The molecule has 10 heteroatoms. The zero-order chi connectivity index (χ0) is 25.3. The number of amides is 1. The van der Waals surface area contributed by atoms with Crippen molar-refractivity contribution in [3.63, 3.8) is 0 Å². The van der Waals surface area contributed by atoms with Gasteiger partial charge < -0.3 is 31.7 Å². The van der Waals surface area contributed by atoms with E-state index in [0.717, 1.165) is 11.3 Å². The van der Waals surface area contributed by atoms with Crippen molar-refractivity contribution in [2.75, 3.05) is 39.6 Å². The number of ketones is 2. The molecule has 34 heavy (non-hydrogen) atoms. The Kier molecular flexibility index (Phi) is 5.39. The molecule has 0 aromatic heterocycles. The van der Waals surface area contributed by atoms with Crippen molar-refractivity contribution in [1.29, 1.82) is 0 Å². The highest BCUT2D eigenvalue weighted by Crippen LogP contribution is 2.57. The van der Waals surface area contributed by atoms with Gasteiger partial charge in [0.1, 0.15) is 17.1 Å². The molecule has 182 valence electrons. The van der Waals surface area contributed by atoms with Gasteiger partial charge in [-0.05, 0) is 38.6 Å². The number of likely N-dealkylation sites (N-methyl/N-ethyl adjacent to an activating group) is 1. The molecule has 10 nitrogen and oxygen atoms in total. The molecule has 3 aliphatic rings. The van der Waals surface area contributed by atoms with E-state index in [9.17, 15) is 29.7 Å². The van der Waals surface area contributed by atoms with Crippen molar-refractivity contribution >= 4 is 28.9 Å². The summed E-state index contributed by atoms with van der Waals surface area (Å²) in [5.41, 5.74) is 9.02. The van der Waals surface area contributed by atoms with E-state index in [1.165, 1.54) is 4.90 Å². The van der Waals surface area contributed by atoms with Gasteiger partial charge in [0.25, 0.3) is 5.91 Å². The van der Waals surface area contributed by atoms with Crippen LogP contribution in [0.3, 0.4) is 0 Å². The first-order valence-electron chi connectivity index (χ1n) is 11.0. The summed E-state index contributed by atoms with van der Waals surface area (Å²) < 4.78 is 0. The van der Waals surface area contributed by atoms with Crippen LogP contribution >= 0.6 is 0 Å². The largest absolute Gasteiger partial charge is 0.508 e. The highest BCUT2D eigenvalue weighted by Gasteiger charge is 2.67. The number of carbonyl (C=O) groups is 3. The molecule has 0 unspecified atom stereocenters. The summed E-state index contributed by atoms with van der Waals surface area (Å²) in [6, 6.07) is 4.19. The molecule has 4 atom stereocenters. The van der Waals surface area contributed by atoms with Gasteiger partial charge in [-0.1, -0.05) is 12.1 Å². The Morgan fingerprint density at radius 1 is 1.18 bits per heavy atom. The average Bonchev–Trinajstić information content (AvgIpc) is 2.75. The van der Waals surface area contributed by atoms with Crippen LogP contribution in [0.5, 0.6) is 0 Å². The first kappa shape index (κ1) is 23.9. The van der Waals surface area contributed by atoms with E-state index in [1.54, 1.807) is 26.2 Å². The SMILES string of the molecule is CN(C)c1cccc2c1C[C@@]1(CN)C[C@H]3[C@H](N(C)C)C(=O)C(C(N)=O)=C(O)[C@@]3(O)C(=O)C1=C2O. The highest BCUT2D eigenvalue weighted by molar-refractivity contribution is 6.24. The van der Waals surface area contributed by atoms with Gasteiger partial charge in [0, 0.05) is 48.8 Å². The fraction of sp³-hybridized carbons (Fsp3) is 0.458. The fourth-order valence-corrected chi connectivity index (χ4v) is 6.02. The van der Waals surface area contributed by atoms with Crippen LogP contribution in [0.4, 0.5) is 5.69 Å². The number of primary amides is 1. The second-order valence-corrected chi connectivity index (χ2v) is 9.85. The minimum Gasteiger partial charge on any atom is -0.508 e. The number of benzene rings is 1. The number of hydrogen-bond donors (Lipinski definition) is 5. The summed E-state index contributed by atoms with van der Waals surface area (Å²) in [5, 5.41) is 33.9. The molecule has 0 saturated heterocycles. The summed E-state index contributed by atoms with van der Waals surface area (Å²) in [6.07, 6.45) is 0.295. The maximum Gasteiger partial charge on any atom is 0.255 e. The van der Waals surface area contributed by atoms with Crippen LogP contribution in [0.25, 0.3) is 5.76 Å². The molecule has 0 bridgehead atoms. The Bertz CT molecular complexity index is 1190. The zero-order valence-corrected chi connectivity index (χ0v) is 19.6. The number of nitrogens with zero attached hydrogens (tertiary/aromatic N) is 2. The first-order valence-corrected chi connectivity index (χ1v) is 11.0. The molecule has 1 saturated carbocycles. The van der Waals surface area contributed by atoms with Crippen LogP contribution in [-0.4, -0.2) is 84.1 Å². The van der Waals surface area contributed by atoms with Crippen LogP contribution in [0.15, 0.2) is 35.1 Å². The van der Waals surface area contributed by atoms with Crippen LogP contribution in [0, 0.1) is 11.3 Å². The van der Waals surface area contributed by atoms with Gasteiger partial charge in [0.05, 0.1) is 6.04 Å². The molecule has 1 aromatic carbocycles. The quantitative estimate of drug-likeness (QED) is 0.369. The van der Waals surface area contributed by atoms with Crippen molar-refractivity contribution < 1.29 is 29.7 Å². The van der Waals surface area contributed by atoms with Gasteiger partial charge >= 0.3 is 0 Å². The molecule has 1 fully saturated rings. The van der Waals surface area contributed by atoms with Crippen molar-refractivity contribution in [2.24, 2.45) is 22.8 Å². The van der Waals surface area contributed by atoms with Gasteiger partial charge in [0.15, 0.2) is 11.4 Å². The number of aliphatic hydroxyl groups is 3. The van der Waals surface area contributed by atoms with E-state index in [4.69, 9.17) is 11.5 Å². The van der Waals surface area contributed by atoms with Crippen LogP contribution < -0.4 is 16.4 Å². The summed E-state index contributed by atoms with van der Waals surface area (Å²) in [6.45, 7) is -0.0482. The Hall–Kier alpha value is -3.21. The average molecular weight is 471 g/mol. The van der Waals surface area contributed by atoms with Gasteiger partial charge in [-0.3, -0.25) is 19.3 Å². The number of fused-ring (bicyclic) bond motifs is 3. The van der Waals surface area contributed by atoms with Crippen molar-refractivity contribution in [2.45, 2.75) is 24.5 Å². The smallest absolute Gasteiger partial charge is 0.255 e. The third-order valence-corrected chi connectivity index (χ3v) is 7.58. The number of Topliss-reactive ketones (excluding diaryl/α,β-unsaturated/α-hetero) is 2. The maximum atomic E-state index is 14.0. The van der Waals surface area contributed by atoms with Gasteiger partial charge in [-0.2, -0.15) is 0 Å². The monoisotopic (exact) mass is 470 g/mol. The third kappa shape index (κ3) is 2.88. The van der Waals surface area contributed by atoms with Gasteiger partial charge in [0.2, 0.25) is 5.78 Å². The van der Waals surface area contributed by atoms with E-state index in [0.29, 0.717) is 5.56 Å². The minimum absolute atomic E-state index is 0.0109. The van der Waals surface area contributed by atoms with Crippen LogP contribution in [0.1, 0.15) is 17.5 Å². The normalized spacial score (nSPS) is 30.8. The molecule has 1 amide bonds. The van der Waals surface area contributed by atoms with Crippen molar-refractivity contribution in [3.05, 3.63) is 46.2 Å². The van der Waals surface area contributed by atoms with E-state index in [-0.39, 0.29) is 30.7 Å². The van der Waals surface area contributed by atoms with E-state index in [2.05, 4.69) is 0 Å². The van der Waals surface area contributed by atoms with Crippen molar-refractivity contribution in [1.82, 2.24) is 4.90 Å². The first-order chi connectivity index (χ1) is 15.8.